The second-order valence-electron chi connectivity index (χ2n) is 7.10. The predicted octanol–water partition coefficient (Wildman–Crippen LogP) is 6.33. The lowest BCUT2D eigenvalue weighted by atomic mass is 9.85. The van der Waals surface area contributed by atoms with Crippen LogP contribution in [0.4, 0.5) is 0 Å². The van der Waals surface area contributed by atoms with Crippen LogP contribution in [0, 0.1) is 0 Å². The highest BCUT2D eigenvalue weighted by molar-refractivity contribution is 5.83. The Balaban J connectivity index is 2.02. The molecule has 0 atom stereocenters. The third kappa shape index (κ3) is 3.35. The minimum absolute atomic E-state index is 0.175. The minimum atomic E-state index is 0.175. The predicted molar refractivity (Wildman–Crippen MR) is 103 cm³/mol. The molecule has 0 amide bonds. The molecule has 1 nitrogen and oxygen atoms in total. The molecule has 0 saturated heterocycles. The van der Waals surface area contributed by atoms with E-state index >= 15 is 0 Å². The SMILES string of the molecule is COc1ccc(-c2ccccc2-c2ccc(C(C)(C)C)cc2)cc1. The van der Waals surface area contributed by atoms with E-state index in [0.717, 1.165) is 5.75 Å². The first-order chi connectivity index (χ1) is 11.5. The van der Waals surface area contributed by atoms with Gasteiger partial charge >= 0.3 is 0 Å². The summed E-state index contributed by atoms with van der Waals surface area (Å²) in [5.74, 6) is 0.880. The highest BCUT2D eigenvalue weighted by Crippen LogP contribution is 2.34. The Hall–Kier alpha value is -2.54. The second-order valence-corrected chi connectivity index (χ2v) is 7.10. The third-order valence-corrected chi connectivity index (χ3v) is 4.39. The Morgan fingerprint density at radius 1 is 0.625 bits per heavy atom. The van der Waals surface area contributed by atoms with E-state index in [0.29, 0.717) is 0 Å². The van der Waals surface area contributed by atoms with E-state index in [1.807, 2.05) is 12.1 Å². The van der Waals surface area contributed by atoms with Crippen LogP contribution in [0.2, 0.25) is 0 Å². The lowest BCUT2D eigenvalue weighted by Crippen LogP contribution is -2.10. The lowest BCUT2D eigenvalue weighted by Gasteiger charge is -2.19. The van der Waals surface area contributed by atoms with Crippen LogP contribution in [0.1, 0.15) is 26.3 Å². The Kier molecular flexibility index (Phi) is 4.44. The first kappa shape index (κ1) is 16.3. The van der Waals surface area contributed by atoms with Gasteiger partial charge in [-0.15, -0.1) is 0 Å². The molecule has 0 aromatic heterocycles. The number of rotatable bonds is 3. The Morgan fingerprint density at radius 2 is 1.08 bits per heavy atom. The van der Waals surface area contributed by atoms with Gasteiger partial charge in [0.05, 0.1) is 7.11 Å². The van der Waals surface area contributed by atoms with Gasteiger partial charge in [-0.25, -0.2) is 0 Å². The van der Waals surface area contributed by atoms with Crippen LogP contribution >= 0.6 is 0 Å². The van der Waals surface area contributed by atoms with Gasteiger partial charge in [0.15, 0.2) is 0 Å². The maximum atomic E-state index is 5.26. The molecule has 3 aromatic carbocycles. The van der Waals surface area contributed by atoms with Crippen molar-refractivity contribution in [1.29, 1.82) is 0 Å². The van der Waals surface area contributed by atoms with Gasteiger partial charge in [0, 0.05) is 0 Å². The van der Waals surface area contributed by atoms with Crippen molar-refractivity contribution in [3.8, 4) is 28.0 Å². The molecule has 0 unspecified atom stereocenters. The number of methoxy groups -OCH3 is 1. The monoisotopic (exact) mass is 316 g/mol. The standard InChI is InChI=1S/C23H24O/c1-23(2,3)19-13-9-17(10-14-19)21-7-5-6-8-22(21)18-11-15-20(24-4)16-12-18/h5-16H,1-4H3. The number of hydrogen-bond acceptors (Lipinski definition) is 1. The lowest BCUT2D eigenvalue weighted by molar-refractivity contribution is 0.415. The largest absolute Gasteiger partial charge is 0.497 e. The molecule has 0 radical (unpaired) electrons. The van der Waals surface area contributed by atoms with E-state index in [4.69, 9.17) is 4.74 Å². The molecule has 0 fully saturated rings. The molecule has 0 aliphatic carbocycles. The fraction of sp³-hybridized carbons (Fsp3) is 0.217. The van der Waals surface area contributed by atoms with E-state index < -0.39 is 0 Å². The van der Waals surface area contributed by atoms with Gasteiger partial charge in [-0.2, -0.15) is 0 Å². The van der Waals surface area contributed by atoms with E-state index in [1.165, 1.54) is 27.8 Å². The van der Waals surface area contributed by atoms with Crippen molar-refractivity contribution >= 4 is 0 Å². The van der Waals surface area contributed by atoms with E-state index in [1.54, 1.807) is 7.11 Å². The summed E-state index contributed by atoms with van der Waals surface area (Å²) in [6.45, 7) is 6.73. The van der Waals surface area contributed by atoms with Crippen LogP contribution in [-0.4, -0.2) is 7.11 Å². The van der Waals surface area contributed by atoms with Crippen LogP contribution in [0.5, 0.6) is 5.75 Å². The molecule has 0 aliphatic rings. The van der Waals surface area contributed by atoms with Crippen LogP contribution in [-0.2, 0) is 5.41 Å². The van der Waals surface area contributed by atoms with Gasteiger partial charge < -0.3 is 4.74 Å². The summed E-state index contributed by atoms with van der Waals surface area (Å²) in [5, 5.41) is 0. The van der Waals surface area contributed by atoms with Gasteiger partial charge in [-0.05, 0) is 45.4 Å². The molecule has 0 spiro atoms. The van der Waals surface area contributed by atoms with Crippen LogP contribution in [0.25, 0.3) is 22.3 Å². The zero-order chi connectivity index (χ0) is 17.2. The van der Waals surface area contributed by atoms with Crippen molar-refractivity contribution in [3.63, 3.8) is 0 Å². The molecule has 122 valence electrons. The number of ether oxygens (including phenoxy) is 1. The zero-order valence-corrected chi connectivity index (χ0v) is 14.8. The zero-order valence-electron chi connectivity index (χ0n) is 14.8. The van der Waals surface area contributed by atoms with Gasteiger partial charge in [-0.3, -0.25) is 0 Å². The second kappa shape index (κ2) is 6.52. The molecule has 0 heterocycles. The minimum Gasteiger partial charge on any atom is -0.497 e. The van der Waals surface area contributed by atoms with E-state index in [-0.39, 0.29) is 5.41 Å². The van der Waals surface area contributed by atoms with Gasteiger partial charge in [0.2, 0.25) is 0 Å². The van der Waals surface area contributed by atoms with Crippen LogP contribution in [0.15, 0.2) is 72.8 Å². The first-order valence-electron chi connectivity index (χ1n) is 8.33. The summed E-state index contributed by atoms with van der Waals surface area (Å²) < 4.78 is 5.26. The van der Waals surface area contributed by atoms with Crippen molar-refractivity contribution in [2.75, 3.05) is 7.11 Å². The molecular formula is C23H24O. The highest BCUT2D eigenvalue weighted by Gasteiger charge is 2.14. The van der Waals surface area contributed by atoms with Gasteiger partial charge in [-0.1, -0.05) is 81.4 Å². The quantitative estimate of drug-likeness (QED) is 0.549. The smallest absolute Gasteiger partial charge is 0.118 e. The number of benzene rings is 3. The summed E-state index contributed by atoms with van der Waals surface area (Å²) in [4.78, 5) is 0. The summed E-state index contributed by atoms with van der Waals surface area (Å²) in [6.07, 6.45) is 0. The van der Waals surface area contributed by atoms with Gasteiger partial charge in [0.25, 0.3) is 0 Å². The van der Waals surface area contributed by atoms with Crippen LogP contribution in [0.3, 0.4) is 0 Å². The Morgan fingerprint density at radius 3 is 1.50 bits per heavy atom. The van der Waals surface area contributed by atoms with Crippen molar-refractivity contribution < 1.29 is 4.74 Å². The molecule has 0 N–H and O–H groups in total. The van der Waals surface area contributed by atoms with E-state index in [9.17, 15) is 0 Å². The van der Waals surface area contributed by atoms with Crippen molar-refractivity contribution in [1.82, 2.24) is 0 Å². The third-order valence-electron chi connectivity index (χ3n) is 4.39. The molecule has 0 aliphatic heterocycles. The average Bonchev–Trinajstić information content (AvgIpc) is 2.61. The molecule has 0 saturated carbocycles. The average molecular weight is 316 g/mol. The maximum absolute atomic E-state index is 5.26. The summed E-state index contributed by atoms with van der Waals surface area (Å²) >= 11 is 0. The summed E-state index contributed by atoms with van der Waals surface area (Å²) in [5.41, 5.74) is 6.47. The van der Waals surface area contributed by atoms with E-state index in [2.05, 4.69) is 81.4 Å². The molecule has 24 heavy (non-hydrogen) atoms. The molecule has 0 bridgehead atoms. The summed E-state index contributed by atoms with van der Waals surface area (Å²) in [7, 11) is 1.69. The van der Waals surface area contributed by atoms with Gasteiger partial charge in [0.1, 0.15) is 5.75 Å². The molecule has 3 rings (SSSR count). The maximum Gasteiger partial charge on any atom is 0.118 e. The fourth-order valence-electron chi connectivity index (χ4n) is 2.91. The number of hydrogen-bond donors (Lipinski definition) is 0. The first-order valence-corrected chi connectivity index (χ1v) is 8.33. The Bertz CT molecular complexity index is 806. The molecular weight excluding hydrogens is 292 g/mol. The molecule has 3 aromatic rings. The van der Waals surface area contributed by atoms with Crippen molar-refractivity contribution in [2.24, 2.45) is 0 Å². The van der Waals surface area contributed by atoms with Crippen LogP contribution < -0.4 is 4.74 Å². The fourth-order valence-corrected chi connectivity index (χ4v) is 2.91. The summed E-state index contributed by atoms with van der Waals surface area (Å²) in [6, 6.07) is 25.7. The normalized spacial score (nSPS) is 11.3. The topological polar surface area (TPSA) is 9.23 Å². The highest BCUT2D eigenvalue weighted by atomic mass is 16.5. The Labute approximate surface area is 144 Å². The molecule has 1 heteroatoms. The van der Waals surface area contributed by atoms with Crippen molar-refractivity contribution in [3.05, 3.63) is 78.4 Å². The van der Waals surface area contributed by atoms with Crippen molar-refractivity contribution in [2.45, 2.75) is 26.2 Å².